The minimum absolute atomic E-state index is 0.00884. The van der Waals surface area contributed by atoms with E-state index in [2.05, 4.69) is 34.0 Å². The first-order valence-corrected chi connectivity index (χ1v) is 11.7. The number of carbonyl (C=O) groups excluding carboxylic acids is 1. The van der Waals surface area contributed by atoms with Crippen molar-refractivity contribution in [2.24, 2.45) is 0 Å². The Morgan fingerprint density at radius 1 is 1.14 bits per heavy atom. The van der Waals surface area contributed by atoms with Crippen LogP contribution in [0.5, 0.6) is 5.75 Å². The number of nitrogens with one attached hydrogen (secondary N) is 1. The van der Waals surface area contributed by atoms with E-state index in [4.69, 9.17) is 4.74 Å². The van der Waals surface area contributed by atoms with Gasteiger partial charge in [0, 0.05) is 54.4 Å². The molecule has 5 heterocycles. The number of benzene rings is 1. The molecule has 5 aromatic rings. The lowest BCUT2D eigenvalue weighted by Gasteiger charge is -2.26. The van der Waals surface area contributed by atoms with E-state index < -0.39 is 0 Å². The lowest BCUT2D eigenvalue weighted by Crippen LogP contribution is -2.34. The number of imidazole rings is 1. The second-order valence-corrected chi connectivity index (χ2v) is 8.85. The van der Waals surface area contributed by atoms with Crippen molar-refractivity contribution in [3.05, 3.63) is 102 Å². The van der Waals surface area contributed by atoms with E-state index in [0.29, 0.717) is 31.0 Å². The normalized spacial score (nSPS) is 13.9. The first-order chi connectivity index (χ1) is 17.1. The summed E-state index contributed by atoms with van der Waals surface area (Å²) in [6.07, 6.45) is 10.7. The molecule has 6 rings (SSSR count). The van der Waals surface area contributed by atoms with Crippen molar-refractivity contribution in [1.29, 1.82) is 0 Å². The zero-order valence-electron chi connectivity index (χ0n) is 19.4. The summed E-state index contributed by atoms with van der Waals surface area (Å²) in [4.78, 5) is 27.3. The molecular formula is C28H25N5O2. The van der Waals surface area contributed by atoms with Crippen LogP contribution < -0.4 is 4.74 Å². The second kappa shape index (κ2) is 8.76. The Labute approximate surface area is 202 Å². The van der Waals surface area contributed by atoms with Crippen molar-refractivity contribution in [3.63, 3.8) is 0 Å². The van der Waals surface area contributed by atoms with Crippen LogP contribution in [0.15, 0.2) is 79.4 Å². The number of aromatic amines is 1. The Morgan fingerprint density at radius 2 is 2.09 bits per heavy atom. The number of nitrogens with zero attached hydrogens (tertiary/aromatic N) is 4. The molecule has 7 nitrogen and oxygen atoms in total. The molecule has 0 unspecified atom stereocenters. The van der Waals surface area contributed by atoms with Gasteiger partial charge in [0.25, 0.3) is 5.91 Å². The Hall–Kier alpha value is -4.39. The number of pyridine rings is 2. The maximum atomic E-state index is 13.2. The van der Waals surface area contributed by atoms with Gasteiger partial charge in [0.2, 0.25) is 0 Å². The average molecular weight is 464 g/mol. The Bertz CT molecular complexity index is 1580. The van der Waals surface area contributed by atoms with Crippen LogP contribution in [0.1, 0.15) is 33.6 Å². The Balaban J connectivity index is 1.13. The van der Waals surface area contributed by atoms with Crippen LogP contribution in [0.4, 0.5) is 0 Å². The van der Waals surface area contributed by atoms with Gasteiger partial charge in [0.05, 0.1) is 5.69 Å². The van der Waals surface area contributed by atoms with Gasteiger partial charge < -0.3 is 19.0 Å². The van der Waals surface area contributed by atoms with Crippen LogP contribution >= 0.6 is 0 Å². The molecule has 0 bridgehead atoms. The van der Waals surface area contributed by atoms with Gasteiger partial charge >= 0.3 is 0 Å². The monoisotopic (exact) mass is 463 g/mol. The second-order valence-electron chi connectivity index (χ2n) is 8.85. The molecule has 1 amide bonds. The predicted octanol–water partition coefficient (Wildman–Crippen LogP) is 5.03. The zero-order valence-corrected chi connectivity index (χ0v) is 19.4. The molecule has 0 atom stereocenters. The van der Waals surface area contributed by atoms with Gasteiger partial charge in [-0.25, -0.2) is 9.97 Å². The van der Waals surface area contributed by atoms with Crippen LogP contribution in [-0.4, -0.2) is 43.2 Å². The van der Waals surface area contributed by atoms with E-state index >= 15 is 0 Å². The highest BCUT2D eigenvalue weighted by atomic mass is 16.5. The number of fused-ring (bicyclic) bond motifs is 2. The van der Waals surface area contributed by atoms with Crippen molar-refractivity contribution in [2.45, 2.75) is 20.0 Å². The Morgan fingerprint density at radius 3 is 2.97 bits per heavy atom. The summed E-state index contributed by atoms with van der Waals surface area (Å²) in [6, 6.07) is 15.4. The first kappa shape index (κ1) is 21.2. The molecule has 7 heteroatoms. The maximum absolute atomic E-state index is 13.2. The predicted molar refractivity (Wildman–Crippen MR) is 135 cm³/mol. The molecule has 0 spiro atoms. The van der Waals surface area contributed by atoms with Crippen molar-refractivity contribution < 1.29 is 9.53 Å². The standard InChI is InChI=1S/C28H25N5O2/c1-19-7-8-26-31-22(17-33(26)16-19)18-35-23-5-2-4-21(14-23)28(34)32-12-9-20(10-13-32)25-15-30-27-24(25)6-3-11-29-27/h2-9,11,14-17H,10,12-13,18H2,1H3,(H,29,30). The first-order valence-electron chi connectivity index (χ1n) is 11.7. The molecule has 1 aliphatic rings. The van der Waals surface area contributed by atoms with Crippen LogP contribution in [0.2, 0.25) is 0 Å². The SMILES string of the molecule is Cc1ccc2nc(COc3cccc(C(=O)N4CC=C(c5c[nH]c6ncccc56)CC4)c3)cn2c1. The highest BCUT2D eigenvalue weighted by Crippen LogP contribution is 2.29. The highest BCUT2D eigenvalue weighted by molar-refractivity contribution is 5.96. The molecule has 0 aliphatic carbocycles. The van der Waals surface area contributed by atoms with Gasteiger partial charge in [0.15, 0.2) is 0 Å². The van der Waals surface area contributed by atoms with Crippen LogP contribution in [0.3, 0.4) is 0 Å². The number of hydrogen-bond acceptors (Lipinski definition) is 4. The molecule has 0 saturated carbocycles. The Kier molecular flexibility index (Phi) is 5.29. The molecule has 4 aromatic heterocycles. The van der Waals surface area contributed by atoms with Crippen molar-refractivity contribution in [3.8, 4) is 5.75 Å². The largest absolute Gasteiger partial charge is 0.487 e. The van der Waals surface area contributed by atoms with Crippen molar-refractivity contribution in [1.82, 2.24) is 24.3 Å². The van der Waals surface area contributed by atoms with Gasteiger partial charge in [-0.1, -0.05) is 18.2 Å². The molecule has 0 saturated heterocycles. The van der Waals surface area contributed by atoms with Gasteiger partial charge in [-0.15, -0.1) is 0 Å². The molecule has 174 valence electrons. The fourth-order valence-electron chi connectivity index (χ4n) is 4.60. The summed E-state index contributed by atoms with van der Waals surface area (Å²) >= 11 is 0. The molecule has 1 aliphatic heterocycles. The summed E-state index contributed by atoms with van der Waals surface area (Å²) in [5.41, 5.74) is 6.82. The van der Waals surface area contributed by atoms with E-state index in [1.54, 1.807) is 6.20 Å². The van der Waals surface area contributed by atoms with E-state index in [0.717, 1.165) is 34.4 Å². The number of H-pyrrole nitrogens is 1. The number of carbonyl (C=O) groups is 1. The summed E-state index contributed by atoms with van der Waals surface area (Å²) in [5, 5.41) is 1.11. The van der Waals surface area contributed by atoms with Gasteiger partial charge in [-0.2, -0.15) is 0 Å². The van der Waals surface area contributed by atoms with E-state index in [-0.39, 0.29) is 5.91 Å². The number of ether oxygens (including phenoxy) is 1. The third kappa shape index (κ3) is 4.17. The summed E-state index contributed by atoms with van der Waals surface area (Å²) in [5.74, 6) is 0.665. The molecule has 0 fully saturated rings. The molecule has 1 N–H and O–H groups in total. The van der Waals surface area contributed by atoms with E-state index in [1.807, 2.05) is 70.4 Å². The van der Waals surface area contributed by atoms with Gasteiger partial charge in [-0.05, 0) is 60.9 Å². The fraction of sp³-hybridized carbons (Fsp3) is 0.179. The third-order valence-corrected chi connectivity index (χ3v) is 6.41. The van der Waals surface area contributed by atoms with E-state index in [1.165, 1.54) is 11.1 Å². The number of hydrogen-bond donors (Lipinski definition) is 1. The molecule has 1 aromatic carbocycles. The van der Waals surface area contributed by atoms with E-state index in [9.17, 15) is 4.79 Å². The minimum atomic E-state index is 0.00884. The molecule has 0 radical (unpaired) electrons. The number of rotatable bonds is 5. The third-order valence-electron chi connectivity index (χ3n) is 6.41. The fourth-order valence-corrected chi connectivity index (χ4v) is 4.60. The smallest absolute Gasteiger partial charge is 0.254 e. The van der Waals surface area contributed by atoms with Crippen LogP contribution in [0.25, 0.3) is 22.3 Å². The summed E-state index contributed by atoms with van der Waals surface area (Å²) in [6.45, 7) is 3.64. The summed E-state index contributed by atoms with van der Waals surface area (Å²) in [7, 11) is 0. The topological polar surface area (TPSA) is 75.5 Å². The lowest BCUT2D eigenvalue weighted by molar-refractivity contribution is 0.0772. The van der Waals surface area contributed by atoms with Crippen LogP contribution in [-0.2, 0) is 6.61 Å². The molecular weight excluding hydrogens is 438 g/mol. The number of amides is 1. The highest BCUT2D eigenvalue weighted by Gasteiger charge is 2.21. The van der Waals surface area contributed by atoms with Crippen LogP contribution in [0, 0.1) is 6.92 Å². The van der Waals surface area contributed by atoms with Crippen molar-refractivity contribution >= 4 is 28.2 Å². The summed E-state index contributed by atoms with van der Waals surface area (Å²) < 4.78 is 7.97. The lowest BCUT2D eigenvalue weighted by atomic mass is 9.99. The quantitative estimate of drug-likeness (QED) is 0.397. The molecule has 35 heavy (non-hydrogen) atoms. The van der Waals surface area contributed by atoms with Crippen molar-refractivity contribution in [2.75, 3.05) is 13.1 Å². The zero-order chi connectivity index (χ0) is 23.8. The maximum Gasteiger partial charge on any atom is 0.254 e. The number of aromatic nitrogens is 4. The average Bonchev–Trinajstić information content (AvgIpc) is 3.51. The van der Waals surface area contributed by atoms with Gasteiger partial charge in [-0.3, -0.25) is 4.79 Å². The minimum Gasteiger partial charge on any atom is -0.487 e. The number of aryl methyl sites for hydroxylation is 1. The van der Waals surface area contributed by atoms with Gasteiger partial charge in [0.1, 0.15) is 23.7 Å².